The maximum atomic E-state index is 4.13. The number of aromatic amines is 1. The van der Waals surface area contributed by atoms with Crippen LogP contribution in [-0.2, 0) is 12.8 Å². The van der Waals surface area contributed by atoms with Gasteiger partial charge in [0.05, 0.1) is 23.4 Å². The minimum Gasteiger partial charge on any atom is -0.376 e. The van der Waals surface area contributed by atoms with Crippen molar-refractivity contribution in [2.75, 3.05) is 5.32 Å². The molecule has 2 aromatic heterocycles. The van der Waals surface area contributed by atoms with Crippen molar-refractivity contribution in [1.82, 2.24) is 10.2 Å². The third-order valence-electron chi connectivity index (χ3n) is 4.29. The van der Waals surface area contributed by atoms with Crippen LogP contribution >= 0.6 is 11.3 Å². The van der Waals surface area contributed by atoms with Crippen LogP contribution in [0, 0.1) is 0 Å². The molecular weight excluding hydrogens is 278 g/mol. The van der Waals surface area contributed by atoms with Crippen molar-refractivity contribution >= 4 is 27.9 Å². The van der Waals surface area contributed by atoms with Crippen molar-refractivity contribution in [3.05, 3.63) is 45.8 Å². The van der Waals surface area contributed by atoms with Crippen LogP contribution < -0.4 is 5.32 Å². The number of fused-ring (bicyclic) bond motifs is 2. The summed E-state index contributed by atoms with van der Waals surface area (Å²) in [7, 11) is 0. The van der Waals surface area contributed by atoms with E-state index >= 15 is 0 Å². The van der Waals surface area contributed by atoms with E-state index in [-0.39, 0.29) is 0 Å². The summed E-state index contributed by atoms with van der Waals surface area (Å²) < 4.78 is 0. The van der Waals surface area contributed by atoms with Crippen LogP contribution in [0.3, 0.4) is 0 Å². The molecule has 0 bridgehead atoms. The maximum absolute atomic E-state index is 4.13. The van der Waals surface area contributed by atoms with Gasteiger partial charge in [0.15, 0.2) is 0 Å². The smallest absolute Gasteiger partial charge is 0.0881 e. The lowest BCUT2D eigenvalue weighted by atomic mass is 9.99. The molecule has 2 N–H and O–H groups in total. The summed E-state index contributed by atoms with van der Waals surface area (Å²) in [5.74, 6) is 0. The second kappa shape index (κ2) is 5.19. The molecule has 2 heterocycles. The monoisotopic (exact) mass is 297 g/mol. The number of hydrogen-bond acceptors (Lipinski definition) is 3. The van der Waals surface area contributed by atoms with Gasteiger partial charge in [0.25, 0.3) is 0 Å². The Hall–Kier alpha value is -1.81. The molecule has 4 rings (SSSR count). The third kappa shape index (κ3) is 2.33. The van der Waals surface area contributed by atoms with E-state index in [1.165, 1.54) is 30.6 Å². The molecule has 21 heavy (non-hydrogen) atoms. The number of aryl methyl sites for hydroxylation is 2. The molecule has 0 spiro atoms. The van der Waals surface area contributed by atoms with Gasteiger partial charge >= 0.3 is 0 Å². The number of rotatable bonds is 3. The highest BCUT2D eigenvalue weighted by atomic mass is 32.1. The van der Waals surface area contributed by atoms with E-state index in [0.717, 1.165) is 16.6 Å². The second-order valence-corrected chi connectivity index (χ2v) is 6.98. The van der Waals surface area contributed by atoms with Crippen LogP contribution in [0.4, 0.5) is 5.69 Å². The number of aromatic nitrogens is 2. The van der Waals surface area contributed by atoms with E-state index in [9.17, 15) is 0 Å². The summed E-state index contributed by atoms with van der Waals surface area (Å²) in [6, 6.07) is 9.01. The standard InChI is InChI=1S/C17H19N3S/c1-11(16-9-12-5-2-3-8-15(12)21-16)19-14-7-4-6-13-10-18-20-17(13)14/h4,6-7,9-11,19H,2-3,5,8H2,1H3,(H,18,20). The normalized spacial score (nSPS) is 15.9. The number of nitrogens with zero attached hydrogens (tertiary/aromatic N) is 1. The van der Waals surface area contributed by atoms with Crippen molar-refractivity contribution in [1.29, 1.82) is 0 Å². The van der Waals surface area contributed by atoms with E-state index in [0.29, 0.717) is 6.04 Å². The molecule has 1 atom stereocenters. The predicted molar refractivity (Wildman–Crippen MR) is 89.1 cm³/mol. The van der Waals surface area contributed by atoms with Gasteiger partial charge in [-0.25, -0.2) is 0 Å². The molecule has 0 aliphatic heterocycles. The summed E-state index contributed by atoms with van der Waals surface area (Å²) >= 11 is 1.98. The summed E-state index contributed by atoms with van der Waals surface area (Å²) in [6.45, 7) is 2.24. The fourth-order valence-corrected chi connectivity index (χ4v) is 4.38. The molecule has 1 aliphatic carbocycles. The SMILES string of the molecule is CC(Nc1cccc2cn[nH]c12)c1cc2c(s1)CCCC2. The largest absolute Gasteiger partial charge is 0.376 e. The topological polar surface area (TPSA) is 40.7 Å². The first kappa shape index (κ1) is 12.9. The molecular formula is C17H19N3S. The number of thiophene rings is 1. The average Bonchev–Trinajstić information content (AvgIpc) is 3.14. The van der Waals surface area contributed by atoms with Crippen molar-refractivity contribution < 1.29 is 0 Å². The number of para-hydroxylation sites is 1. The van der Waals surface area contributed by atoms with Gasteiger partial charge in [0.1, 0.15) is 0 Å². The van der Waals surface area contributed by atoms with E-state index in [4.69, 9.17) is 0 Å². The highest BCUT2D eigenvalue weighted by Crippen LogP contribution is 2.34. The third-order valence-corrected chi connectivity index (χ3v) is 5.71. The van der Waals surface area contributed by atoms with Crippen molar-refractivity contribution in [3.63, 3.8) is 0 Å². The number of H-pyrrole nitrogens is 1. The van der Waals surface area contributed by atoms with Crippen LogP contribution in [-0.4, -0.2) is 10.2 Å². The zero-order valence-electron chi connectivity index (χ0n) is 12.1. The quantitative estimate of drug-likeness (QED) is 0.737. The lowest BCUT2D eigenvalue weighted by molar-refractivity contribution is 0.696. The Morgan fingerprint density at radius 1 is 1.29 bits per heavy atom. The number of benzene rings is 1. The fraction of sp³-hybridized carbons (Fsp3) is 0.353. The minimum atomic E-state index is 0.328. The highest BCUT2D eigenvalue weighted by molar-refractivity contribution is 7.12. The molecule has 1 aliphatic rings. The lowest BCUT2D eigenvalue weighted by Crippen LogP contribution is -2.05. The molecule has 0 amide bonds. The molecule has 0 saturated heterocycles. The summed E-state index contributed by atoms with van der Waals surface area (Å²) in [4.78, 5) is 3.04. The van der Waals surface area contributed by atoms with Gasteiger partial charge in [0, 0.05) is 15.1 Å². The van der Waals surface area contributed by atoms with E-state index in [1.807, 2.05) is 17.5 Å². The Balaban J connectivity index is 1.61. The Bertz CT molecular complexity index is 748. The Morgan fingerprint density at radius 2 is 2.19 bits per heavy atom. The van der Waals surface area contributed by atoms with Crippen LogP contribution in [0.15, 0.2) is 30.5 Å². The summed E-state index contributed by atoms with van der Waals surface area (Å²) in [5, 5.41) is 12.0. The lowest BCUT2D eigenvalue weighted by Gasteiger charge is -2.14. The number of anilines is 1. The van der Waals surface area contributed by atoms with E-state index < -0.39 is 0 Å². The summed E-state index contributed by atoms with van der Waals surface area (Å²) in [5.41, 5.74) is 3.80. The van der Waals surface area contributed by atoms with Crippen LogP contribution in [0.1, 0.15) is 41.1 Å². The molecule has 1 unspecified atom stereocenters. The first-order chi connectivity index (χ1) is 10.3. The average molecular weight is 297 g/mol. The van der Waals surface area contributed by atoms with Crippen LogP contribution in [0.2, 0.25) is 0 Å². The van der Waals surface area contributed by atoms with Crippen molar-refractivity contribution in [3.8, 4) is 0 Å². The summed E-state index contributed by atoms with van der Waals surface area (Å²) in [6.07, 6.45) is 7.09. The van der Waals surface area contributed by atoms with Crippen molar-refractivity contribution in [2.24, 2.45) is 0 Å². The highest BCUT2D eigenvalue weighted by Gasteiger charge is 2.17. The molecule has 1 aromatic carbocycles. The van der Waals surface area contributed by atoms with Crippen LogP contribution in [0.25, 0.3) is 10.9 Å². The van der Waals surface area contributed by atoms with Gasteiger partial charge in [-0.2, -0.15) is 5.10 Å². The molecule has 4 heteroatoms. The van der Waals surface area contributed by atoms with E-state index in [1.54, 1.807) is 10.4 Å². The van der Waals surface area contributed by atoms with Gasteiger partial charge in [-0.05, 0) is 50.3 Å². The van der Waals surface area contributed by atoms with Gasteiger partial charge in [-0.1, -0.05) is 12.1 Å². The Kier molecular flexibility index (Phi) is 3.19. The Labute approximate surface area is 128 Å². The Morgan fingerprint density at radius 3 is 3.10 bits per heavy atom. The van der Waals surface area contributed by atoms with Crippen molar-refractivity contribution in [2.45, 2.75) is 38.6 Å². The predicted octanol–water partition coefficient (Wildman–Crippen LogP) is 4.68. The zero-order chi connectivity index (χ0) is 14.2. The van der Waals surface area contributed by atoms with E-state index in [2.05, 4.69) is 46.7 Å². The first-order valence-corrected chi connectivity index (χ1v) is 8.43. The van der Waals surface area contributed by atoms with Gasteiger partial charge in [0.2, 0.25) is 0 Å². The van der Waals surface area contributed by atoms with Crippen LogP contribution in [0.5, 0.6) is 0 Å². The molecule has 3 aromatic rings. The fourth-order valence-electron chi connectivity index (χ4n) is 3.12. The van der Waals surface area contributed by atoms with Gasteiger partial charge in [-0.15, -0.1) is 11.3 Å². The zero-order valence-corrected chi connectivity index (χ0v) is 13.0. The maximum Gasteiger partial charge on any atom is 0.0881 e. The number of hydrogen-bond donors (Lipinski definition) is 2. The molecule has 3 nitrogen and oxygen atoms in total. The second-order valence-electron chi connectivity index (χ2n) is 5.81. The number of nitrogens with one attached hydrogen (secondary N) is 2. The minimum absolute atomic E-state index is 0.328. The molecule has 0 radical (unpaired) electrons. The molecule has 0 fully saturated rings. The van der Waals surface area contributed by atoms with Gasteiger partial charge < -0.3 is 5.32 Å². The molecule has 108 valence electrons. The molecule has 0 saturated carbocycles. The first-order valence-electron chi connectivity index (χ1n) is 7.61. The van der Waals surface area contributed by atoms with Gasteiger partial charge in [-0.3, -0.25) is 5.10 Å².